The van der Waals surface area contributed by atoms with Crippen LogP contribution in [0.3, 0.4) is 0 Å². The van der Waals surface area contributed by atoms with Crippen LogP contribution in [0.25, 0.3) is 44.7 Å². The molecule has 1 saturated heterocycles. The highest BCUT2D eigenvalue weighted by atomic mass is 35.5. The topological polar surface area (TPSA) is 70.7 Å². The van der Waals surface area contributed by atoms with Crippen molar-refractivity contribution < 1.29 is 4.74 Å². The maximum Gasteiger partial charge on any atom is 0.176 e. The van der Waals surface area contributed by atoms with Gasteiger partial charge in [-0.05, 0) is 124 Å². The van der Waals surface area contributed by atoms with Crippen LogP contribution in [-0.2, 0) is 6.42 Å². The van der Waals surface area contributed by atoms with Gasteiger partial charge < -0.3 is 24.6 Å². The quantitative estimate of drug-likeness (QED) is 0.163. The summed E-state index contributed by atoms with van der Waals surface area (Å²) < 4.78 is 9.34. The first-order valence-corrected chi connectivity index (χ1v) is 19.1. The van der Waals surface area contributed by atoms with Gasteiger partial charge in [-0.1, -0.05) is 43.5 Å². The third-order valence-electron chi connectivity index (χ3n) is 12.6. The molecule has 3 N–H and O–H groups in total. The fourth-order valence-corrected chi connectivity index (χ4v) is 9.91. The molecule has 0 spiro atoms. The first-order valence-electron chi connectivity index (χ1n) is 18.8. The summed E-state index contributed by atoms with van der Waals surface area (Å²) in [6, 6.07) is 16.2. The molecular weight excluding hydrogens is 614 g/mol. The monoisotopic (exact) mass is 659 g/mol. The molecule has 5 aliphatic rings. The van der Waals surface area contributed by atoms with Crippen molar-refractivity contribution in [3.8, 4) is 39.5 Å². The lowest BCUT2D eigenvalue weighted by Crippen LogP contribution is -2.25. The van der Waals surface area contributed by atoms with Crippen LogP contribution < -0.4 is 10.1 Å². The van der Waals surface area contributed by atoms with E-state index in [0.717, 1.165) is 87.7 Å². The first-order chi connectivity index (χ1) is 23.6. The van der Waals surface area contributed by atoms with Crippen LogP contribution in [0, 0.1) is 17.8 Å². The maximum absolute atomic E-state index is 7.40. The SMILES string of the molecule is CCc1cc(-c2ccc3c(c2)OC(CC2CC2)n2c-3c(Cl)c3cc(-c4cnc(C5CCCN5)[nH]4)ccc32)[nH]c1C1CCCC2CCC2C1. The van der Waals surface area contributed by atoms with Gasteiger partial charge >= 0.3 is 0 Å². The van der Waals surface area contributed by atoms with E-state index >= 15 is 0 Å². The van der Waals surface area contributed by atoms with Gasteiger partial charge in [0.2, 0.25) is 0 Å². The van der Waals surface area contributed by atoms with Crippen molar-refractivity contribution in [2.75, 3.05) is 6.54 Å². The fourth-order valence-electron chi connectivity index (χ4n) is 9.57. The highest BCUT2D eigenvalue weighted by molar-refractivity contribution is 6.38. The van der Waals surface area contributed by atoms with E-state index in [9.17, 15) is 0 Å². The predicted octanol–water partition coefficient (Wildman–Crippen LogP) is 10.7. The number of aromatic nitrogens is 4. The normalized spacial score (nSPS) is 26.4. The number of benzene rings is 2. The molecule has 3 aliphatic carbocycles. The molecule has 3 saturated carbocycles. The number of imidazole rings is 1. The zero-order valence-electron chi connectivity index (χ0n) is 28.0. The maximum atomic E-state index is 7.40. The Morgan fingerprint density at radius 3 is 2.58 bits per heavy atom. The van der Waals surface area contributed by atoms with E-state index in [0.29, 0.717) is 17.9 Å². The highest BCUT2D eigenvalue weighted by Gasteiger charge is 2.37. The Morgan fingerprint density at radius 2 is 1.77 bits per heavy atom. The minimum absolute atomic E-state index is 0.0740. The molecule has 5 heterocycles. The van der Waals surface area contributed by atoms with E-state index in [4.69, 9.17) is 21.3 Å². The summed E-state index contributed by atoms with van der Waals surface area (Å²) in [4.78, 5) is 12.3. The molecule has 2 aliphatic heterocycles. The minimum Gasteiger partial charge on any atom is -0.469 e. The molecule has 0 bridgehead atoms. The second-order valence-corrected chi connectivity index (χ2v) is 15.9. The van der Waals surface area contributed by atoms with Crippen LogP contribution in [0.15, 0.2) is 48.7 Å². The molecule has 5 unspecified atom stereocenters. The van der Waals surface area contributed by atoms with E-state index in [1.54, 1.807) is 0 Å². The average Bonchev–Trinajstić information content (AvgIpc) is 3.49. The van der Waals surface area contributed by atoms with Crippen LogP contribution >= 0.6 is 11.6 Å². The second-order valence-electron chi connectivity index (χ2n) is 15.5. The van der Waals surface area contributed by atoms with Gasteiger partial charge in [-0.25, -0.2) is 4.98 Å². The molecule has 5 aromatic rings. The summed E-state index contributed by atoms with van der Waals surface area (Å²) >= 11 is 7.40. The van der Waals surface area contributed by atoms with Crippen molar-refractivity contribution in [3.05, 3.63) is 70.8 Å². The van der Waals surface area contributed by atoms with Crippen molar-refractivity contribution in [1.82, 2.24) is 24.8 Å². The van der Waals surface area contributed by atoms with Crippen LogP contribution in [0.5, 0.6) is 5.75 Å². The summed E-state index contributed by atoms with van der Waals surface area (Å²) in [6.07, 6.45) is 17.2. The molecule has 0 radical (unpaired) electrons. The number of halogens is 1. The first kappa shape index (κ1) is 29.4. The number of hydrogen-bond donors (Lipinski definition) is 3. The van der Waals surface area contributed by atoms with Gasteiger partial charge in [0.05, 0.1) is 34.2 Å². The van der Waals surface area contributed by atoms with Crippen molar-refractivity contribution in [2.24, 2.45) is 17.8 Å². The van der Waals surface area contributed by atoms with Crippen molar-refractivity contribution in [3.63, 3.8) is 0 Å². The molecule has 3 aromatic heterocycles. The van der Waals surface area contributed by atoms with Crippen molar-refractivity contribution in [2.45, 2.75) is 102 Å². The van der Waals surface area contributed by atoms with Crippen molar-refractivity contribution >= 4 is 22.5 Å². The van der Waals surface area contributed by atoms with Crippen LogP contribution in [-0.4, -0.2) is 26.1 Å². The Bertz CT molecular complexity index is 2010. The lowest BCUT2D eigenvalue weighted by atomic mass is 9.69. The Morgan fingerprint density at radius 1 is 0.896 bits per heavy atom. The summed E-state index contributed by atoms with van der Waals surface area (Å²) in [6.45, 7) is 3.36. The summed E-state index contributed by atoms with van der Waals surface area (Å²) in [5.74, 6) is 5.26. The number of nitrogens with one attached hydrogen (secondary N) is 3. The lowest BCUT2D eigenvalue weighted by Gasteiger charge is -2.36. The zero-order valence-corrected chi connectivity index (χ0v) is 28.7. The molecule has 7 heteroatoms. The number of rotatable bonds is 7. The molecule has 48 heavy (non-hydrogen) atoms. The minimum atomic E-state index is -0.0740. The molecular formula is C41H46ClN5O. The van der Waals surface area contributed by atoms with E-state index in [1.807, 2.05) is 6.20 Å². The zero-order chi connectivity index (χ0) is 31.9. The number of aryl methyl sites for hydroxylation is 1. The fraction of sp³-hybridized carbons (Fsp3) is 0.488. The van der Waals surface area contributed by atoms with Gasteiger partial charge in [0.1, 0.15) is 11.6 Å². The van der Waals surface area contributed by atoms with Crippen LogP contribution in [0.2, 0.25) is 5.02 Å². The number of ether oxygens (including phenoxy) is 1. The van der Waals surface area contributed by atoms with E-state index in [1.165, 1.54) is 80.3 Å². The molecule has 248 valence electrons. The summed E-state index contributed by atoms with van der Waals surface area (Å²) in [7, 11) is 0. The van der Waals surface area contributed by atoms with Gasteiger partial charge in [-0.3, -0.25) is 0 Å². The predicted molar refractivity (Wildman–Crippen MR) is 194 cm³/mol. The summed E-state index contributed by atoms with van der Waals surface area (Å²) in [5.41, 5.74) is 10.8. The molecule has 6 nitrogen and oxygen atoms in total. The number of H-pyrrole nitrogens is 2. The van der Waals surface area contributed by atoms with Crippen molar-refractivity contribution in [1.29, 1.82) is 0 Å². The van der Waals surface area contributed by atoms with E-state index in [2.05, 4.69) is 69.2 Å². The number of aromatic amines is 2. The lowest BCUT2D eigenvalue weighted by molar-refractivity contribution is 0.116. The number of fused-ring (bicyclic) bond motifs is 6. The second kappa shape index (κ2) is 11.6. The van der Waals surface area contributed by atoms with Crippen LogP contribution in [0.1, 0.15) is 113 Å². The molecule has 4 fully saturated rings. The van der Waals surface area contributed by atoms with E-state index in [-0.39, 0.29) is 6.23 Å². The van der Waals surface area contributed by atoms with Crippen LogP contribution in [0.4, 0.5) is 0 Å². The molecule has 5 atom stereocenters. The largest absolute Gasteiger partial charge is 0.469 e. The molecule has 2 aromatic carbocycles. The molecule has 10 rings (SSSR count). The average molecular weight is 660 g/mol. The number of hydrogen-bond acceptors (Lipinski definition) is 3. The third-order valence-corrected chi connectivity index (χ3v) is 13.0. The van der Waals surface area contributed by atoms with Gasteiger partial charge in [-0.15, -0.1) is 0 Å². The number of nitrogens with zero attached hydrogens (tertiary/aromatic N) is 2. The van der Waals surface area contributed by atoms with Gasteiger partial charge in [0.15, 0.2) is 6.23 Å². The van der Waals surface area contributed by atoms with Gasteiger partial charge in [0.25, 0.3) is 0 Å². The summed E-state index contributed by atoms with van der Waals surface area (Å²) in [5, 5.41) is 5.43. The smallest absolute Gasteiger partial charge is 0.176 e. The van der Waals surface area contributed by atoms with E-state index < -0.39 is 0 Å². The Labute approximate surface area is 288 Å². The third kappa shape index (κ3) is 4.88. The Kier molecular flexibility index (Phi) is 7.09. The van der Waals surface area contributed by atoms with Gasteiger partial charge in [0, 0.05) is 39.9 Å². The Hall–Kier alpha value is -3.48. The standard InChI is InChI=1S/C41H46ClN5O/c1-2-24-20-33(45-39(24)29-6-3-5-25-10-11-26(25)18-29)28-12-14-30-36(21-28)48-37(17-23-8-9-23)47-35-15-13-27(19-31(35)38(42)40(30)47)34-22-44-41(46-34)32-7-4-16-43-32/h12-15,19-23,25-26,29,32,37,43,45H,2-11,16-18H2,1H3,(H,44,46). The Balaban J connectivity index is 1.02. The highest BCUT2D eigenvalue weighted by Crippen LogP contribution is 2.52. The molecule has 0 amide bonds. The van der Waals surface area contributed by atoms with Gasteiger partial charge in [-0.2, -0.15) is 0 Å².